The molecule has 1 aliphatic rings. The van der Waals surface area contributed by atoms with Gasteiger partial charge in [0.15, 0.2) is 11.5 Å². The number of hydrogen-bond donors (Lipinski definition) is 2. The van der Waals surface area contributed by atoms with Crippen molar-refractivity contribution in [1.82, 2.24) is 15.4 Å². The highest BCUT2D eigenvalue weighted by molar-refractivity contribution is 6.02. The van der Waals surface area contributed by atoms with Crippen LogP contribution >= 0.6 is 0 Å². The van der Waals surface area contributed by atoms with Gasteiger partial charge in [-0.2, -0.15) is 0 Å². The first-order valence-corrected chi connectivity index (χ1v) is 12.8. The summed E-state index contributed by atoms with van der Waals surface area (Å²) in [7, 11) is 1.59. The zero-order valence-corrected chi connectivity index (χ0v) is 22.1. The van der Waals surface area contributed by atoms with Crippen LogP contribution < -0.4 is 10.1 Å². The van der Waals surface area contributed by atoms with E-state index in [2.05, 4.69) is 55.2 Å². The van der Waals surface area contributed by atoms with Crippen LogP contribution in [-0.4, -0.2) is 47.8 Å². The van der Waals surface area contributed by atoms with Crippen LogP contribution in [0.3, 0.4) is 0 Å². The minimum Gasteiger partial charge on any atom is -0.507 e. The number of phenolic OH excluding ortho intramolecular Hbond substituents is 1. The fourth-order valence-corrected chi connectivity index (χ4v) is 4.98. The minimum absolute atomic E-state index is 0.0124. The van der Waals surface area contributed by atoms with Crippen LogP contribution in [0.25, 0.3) is 22.5 Å². The predicted molar refractivity (Wildman–Crippen MR) is 142 cm³/mol. The highest BCUT2D eigenvalue weighted by Gasteiger charge is 2.28. The Morgan fingerprint density at radius 3 is 2.64 bits per heavy atom. The van der Waals surface area contributed by atoms with E-state index in [1.165, 1.54) is 11.1 Å². The zero-order chi connectivity index (χ0) is 26.0. The van der Waals surface area contributed by atoms with Gasteiger partial charge in [-0.05, 0) is 53.5 Å². The van der Waals surface area contributed by atoms with Crippen LogP contribution in [0.4, 0.5) is 0 Å². The Balaban J connectivity index is 1.84. The molecule has 0 fully saturated rings. The summed E-state index contributed by atoms with van der Waals surface area (Å²) in [6.07, 6.45) is 0.943. The fourth-order valence-electron chi connectivity index (χ4n) is 4.98. The number of amides is 1. The van der Waals surface area contributed by atoms with Crippen molar-refractivity contribution < 1.29 is 19.2 Å². The summed E-state index contributed by atoms with van der Waals surface area (Å²) >= 11 is 0. The van der Waals surface area contributed by atoms with Gasteiger partial charge in [0.25, 0.3) is 5.91 Å². The molecule has 0 saturated carbocycles. The van der Waals surface area contributed by atoms with Crippen molar-refractivity contribution in [1.29, 1.82) is 0 Å². The third-order valence-corrected chi connectivity index (χ3v) is 6.67. The molecule has 192 valence electrons. The number of rotatable bonds is 8. The molecule has 36 heavy (non-hydrogen) atoms. The van der Waals surface area contributed by atoms with E-state index >= 15 is 0 Å². The molecule has 7 nitrogen and oxygen atoms in total. The number of fused-ring (bicyclic) bond motifs is 1. The van der Waals surface area contributed by atoms with E-state index in [1.54, 1.807) is 13.2 Å². The average Bonchev–Trinajstić information content (AvgIpc) is 3.28. The lowest BCUT2D eigenvalue weighted by atomic mass is 9.91. The summed E-state index contributed by atoms with van der Waals surface area (Å²) < 4.78 is 11.3. The molecule has 1 aliphatic heterocycles. The largest absolute Gasteiger partial charge is 0.507 e. The predicted octanol–water partition coefficient (Wildman–Crippen LogP) is 5.61. The molecule has 0 atom stereocenters. The number of benzene rings is 2. The van der Waals surface area contributed by atoms with Gasteiger partial charge in [-0.3, -0.25) is 9.69 Å². The number of nitrogens with zero attached hydrogens (tertiary/aromatic N) is 2. The quantitative estimate of drug-likeness (QED) is 0.426. The van der Waals surface area contributed by atoms with Gasteiger partial charge in [0.2, 0.25) is 0 Å². The Hall–Kier alpha value is -3.32. The third-order valence-electron chi connectivity index (χ3n) is 6.67. The monoisotopic (exact) mass is 491 g/mol. The van der Waals surface area contributed by atoms with E-state index in [0.29, 0.717) is 35.1 Å². The number of nitrogens with one attached hydrogen (secondary N) is 1. The van der Waals surface area contributed by atoms with E-state index < -0.39 is 0 Å². The van der Waals surface area contributed by atoms with Gasteiger partial charge in [0.1, 0.15) is 11.5 Å². The molecule has 0 unspecified atom stereocenters. The highest BCUT2D eigenvalue weighted by Crippen LogP contribution is 2.43. The maximum Gasteiger partial charge on any atom is 0.274 e. The minimum atomic E-state index is -0.305. The molecule has 0 spiro atoms. The van der Waals surface area contributed by atoms with Gasteiger partial charge in [0.05, 0.1) is 18.2 Å². The molecular formula is C29H37N3O4. The van der Waals surface area contributed by atoms with Crippen molar-refractivity contribution in [3.8, 4) is 33.9 Å². The first kappa shape index (κ1) is 25.8. The van der Waals surface area contributed by atoms with Crippen molar-refractivity contribution in [3.63, 3.8) is 0 Å². The Kier molecular flexibility index (Phi) is 7.69. The van der Waals surface area contributed by atoms with Crippen molar-refractivity contribution in [2.45, 2.75) is 53.5 Å². The third kappa shape index (κ3) is 5.12. The van der Waals surface area contributed by atoms with Crippen LogP contribution in [0, 0.1) is 5.92 Å². The Morgan fingerprint density at radius 1 is 1.19 bits per heavy atom. The van der Waals surface area contributed by atoms with E-state index in [1.807, 2.05) is 19.1 Å². The molecule has 7 heteroatoms. The average molecular weight is 492 g/mol. The van der Waals surface area contributed by atoms with Gasteiger partial charge >= 0.3 is 0 Å². The van der Waals surface area contributed by atoms with Gasteiger partial charge in [-0.15, -0.1) is 0 Å². The summed E-state index contributed by atoms with van der Waals surface area (Å²) in [4.78, 5) is 15.4. The van der Waals surface area contributed by atoms with Crippen LogP contribution in [0.5, 0.6) is 11.5 Å². The van der Waals surface area contributed by atoms with E-state index in [9.17, 15) is 9.90 Å². The number of carbonyl (C=O) groups excluding carboxylic acids is 1. The highest BCUT2D eigenvalue weighted by atomic mass is 16.5. The molecule has 0 radical (unpaired) electrons. The molecule has 2 aromatic carbocycles. The van der Waals surface area contributed by atoms with Gasteiger partial charge in [-0.25, -0.2) is 0 Å². The molecule has 1 aromatic heterocycles. The zero-order valence-electron chi connectivity index (χ0n) is 22.1. The Labute approximate surface area is 213 Å². The Morgan fingerprint density at radius 2 is 1.97 bits per heavy atom. The summed E-state index contributed by atoms with van der Waals surface area (Å²) in [6, 6.07) is 9.78. The summed E-state index contributed by atoms with van der Waals surface area (Å²) in [5.74, 6) is 1.47. The van der Waals surface area contributed by atoms with Crippen molar-refractivity contribution >= 4 is 5.91 Å². The topological polar surface area (TPSA) is 87.8 Å². The number of aromatic nitrogens is 1. The number of carbonyl (C=O) groups is 1. The molecule has 0 aliphatic carbocycles. The molecule has 2 heterocycles. The molecule has 0 saturated heterocycles. The van der Waals surface area contributed by atoms with Crippen molar-refractivity contribution in [2.75, 3.05) is 26.7 Å². The second-order valence-corrected chi connectivity index (χ2v) is 10.2. The van der Waals surface area contributed by atoms with Gasteiger partial charge in [-0.1, -0.05) is 51.1 Å². The first-order valence-electron chi connectivity index (χ1n) is 12.8. The SMILES string of the molecule is CCNC(=O)c1noc(-c2cc(C(C)C)c(OC)cc2O)c1-c1ccc2c(c1)CCN(CC(C)C)C2. The number of ether oxygens (including phenoxy) is 1. The normalized spacial score (nSPS) is 13.8. The van der Waals surface area contributed by atoms with Crippen LogP contribution in [-0.2, 0) is 13.0 Å². The summed E-state index contributed by atoms with van der Waals surface area (Å²) in [5.41, 5.74) is 5.64. The lowest BCUT2D eigenvalue weighted by molar-refractivity contribution is 0.0947. The van der Waals surface area contributed by atoms with Gasteiger partial charge < -0.3 is 19.7 Å². The van der Waals surface area contributed by atoms with E-state index in [0.717, 1.165) is 37.2 Å². The second kappa shape index (κ2) is 10.7. The smallest absolute Gasteiger partial charge is 0.274 e. The number of methoxy groups -OCH3 is 1. The lowest BCUT2D eigenvalue weighted by Crippen LogP contribution is -2.33. The van der Waals surface area contributed by atoms with Crippen molar-refractivity contribution in [2.24, 2.45) is 5.92 Å². The second-order valence-electron chi connectivity index (χ2n) is 10.2. The van der Waals surface area contributed by atoms with Crippen LogP contribution in [0.1, 0.15) is 67.7 Å². The maximum atomic E-state index is 13.0. The molecule has 0 bridgehead atoms. The number of aromatic hydroxyl groups is 1. The summed E-state index contributed by atoms with van der Waals surface area (Å²) in [6.45, 7) is 14.0. The van der Waals surface area contributed by atoms with Crippen LogP contribution in [0.2, 0.25) is 0 Å². The molecule has 2 N–H and O–H groups in total. The Bertz CT molecular complexity index is 1250. The molecule has 4 rings (SSSR count). The molecule has 3 aromatic rings. The molecular weight excluding hydrogens is 454 g/mol. The van der Waals surface area contributed by atoms with E-state index in [-0.39, 0.29) is 23.3 Å². The van der Waals surface area contributed by atoms with Crippen molar-refractivity contribution in [3.05, 3.63) is 52.7 Å². The maximum absolute atomic E-state index is 13.0. The lowest BCUT2D eigenvalue weighted by Gasteiger charge is -2.30. The fraction of sp³-hybridized carbons (Fsp3) is 0.448. The first-order chi connectivity index (χ1) is 17.2. The number of hydrogen-bond acceptors (Lipinski definition) is 6. The molecule has 1 amide bonds. The standard InChI is InChI=1S/C29H37N3O4/c1-7-30-29(34)27-26(20-8-9-21-16-32(15-17(2)3)11-10-19(21)12-20)28(36-31-27)23-13-22(18(4)5)25(35-6)14-24(23)33/h8-9,12-14,17-18,33H,7,10-11,15-16H2,1-6H3,(H,30,34). The summed E-state index contributed by atoms with van der Waals surface area (Å²) in [5, 5.41) is 17.9. The van der Waals surface area contributed by atoms with E-state index in [4.69, 9.17) is 9.26 Å². The van der Waals surface area contributed by atoms with Crippen LogP contribution in [0.15, 0.2) is 34.9 Å². The van der Waals surface area contributed by atoms with Gasteiger partial charge in [0, 0.05) is 32.2 Å². The number of phenols is 1.